The number of ether oxygens (including phenoxy) is 1. The van der Waals surface area contributed by atoms with Gasteiger partial charge in [0.25, 0.3) is 0 Å². The molecule has 0 saturated carbocycles. The minimum atomic E-state index is 0.378. The van der Waals surface area contributed by atoms with Crippen LogP contribution >= 0.6 is 0 Å². The number of nitrogens with zero attached hydrogens (tertiary/aromatic N) is 1. The molecule has 0 aromatic heterocycles. The van der Waals surface area contributed by atoms with Gasteiger partial charge >= 0.3 is 0 Å². The molecular weight excluding hydrogens is 224 g/mol. The van der Waals surface area contributed by atoms with Gasteiger partial charge in [-0.05, 0) is 44.1 Å². The molecule has 1 saturated heterocycles. The van der Waals surface area contributed by atoms with Gasteiger partial charge in [-0.3, -0.25) is 0 Å². The SMILES string of the molecule is CN1CCC(NC2COCc3ccccc32)CC1. The first-order chi connectivity index (χ1) is 8.83. The Bertz CT molecular complexity index is 399. The summed E-state index contributed by atoms with van der Waals surface area (Å²) in [6, 6.07) is 9.67. The number of hydrogen-bond donors (Lipinski definition) is 1. The van der Waals surface area contributed by atoms with E-state index in [2.05, 4.69) is 41.5 Å². The summed E-state index contributed by atoms with van der Waals surface area (Å²) in [6.07, 6.45) is 2.49. The van der Waals surface area contributed by atoms with E-state index in [1.54, 1.807) is 0 Å². The topological polar surface area (TPSA) is 24.5 Å². The Morgan fingerprint density at radius 3 is 2.83 bits per heavy atom. The van der Waals surface area contributed by atoms with Crippen molar-refractivity contribution in [2.45, 2.75) is 31.5 Å². The van der Waals surface area contributed by atoms with Gasteiger partial charge in [-0.2, -0.15) is 0 Å². The van der Waals surface area contributed by atoms with Crippen LogP contribution in [-0.4, -0.2) is 37.7 Å². The maximum atomic E-state index is 5.70. The molecule has 3 rings (SSSR count). The summed E-state index contributed by atoms with van der Waals surface area (Å²) < 4.78 is 5.70. The highest BCUT2D eigenvalue weighted by Gasteiger charge is 2.24. The summed E-state index contributed by atoms with van der Waals surface area (Å²) in [7, 11) is 2.20. The van der Waals surface area contributed by atoms with E-state index in [0.717, 1.165) is 13.2 Å². The number of fused-ring (bicyclic) bond motifs is 1. The maximum Gasteiger partial charge on any atom is 0.0721 e. The monoisotopic (exact) mass is 246 g/mol. The van der Waals surface area contributed by atoms with Crippen molar-refractivity contribution in [3.8, 4) is 0 Å². The van der Waals surface area contributed by atoms with Crippen LogP contribution < -0.4 is 5.32 Å². The second-order valence-electron chi connectivity index (χ2n) is 5.51. The molecule has 18 heavy (non-hydrogen) atoms. The lowest BCUT2D eigenvalue weighted by Gasteiger charge is -2.34. The molecule has 1 unspecified atom stereocenters. The van der Waals surface area contributed by atoms with E-state index >= 15 is 0 Å². The summed E-state index contributed by atoms with van der Waals surface area (Å²) in [5.74, 6) is 0. The third kappa shape index (κ3) is 2.58. The number of likely N-dealkylation sites (tertiary alicyclic amines) is 1. The molecule has 2 aliphatic heterocycles. The smallest absolute Gasteiger partial charge is 0.0721 e. The highest BCUT2D eigenvalue weighted by Crippen LogP contribution is 2.25. The van der Waals surface area contributed by atoms with Gasteiger partial charge in [-0.1, -0.05) is 24.3 Å². The summed E-state index contributed by atoms with van der Waals surface area (Å²) in [5, 5.41) is 3.78. The summed E-state index contributed by atoms with van der Waals surface area (Å²) in [5.41, 5.74) is 2.77. The van der Waals surface area contributed by atoms with Crippen molar-refractivity contribution in [1.29, 1.82) is 0 Å². The lowest BCUT2D eigenvalue weighted by molar-refractivity contribution is 0.0743. The molecule has 1 aromatic carbocycles. The van der Waals surface area contributed by atoms with Gasteiger partial charge in [0.1, 0.15) is 0 Å². The molecule has 0 aliphatic carbocycles. The molecule has 0 spiro atoms. The van der Waals surface area contributed by atoms with Gasteiger partial charge in [-0.15, -0.1) is 0 Å². The van der Waals surface area contributed by atoms with Gasteiger partial charge in [0.05, 0.1) is 19.3 Å². The zero-order valence-electron chi connectivity index (χ0n) is 11.1. The summed E-state index contributed by atoms with van der Waals surface area (Å²) >= 11 is 0. The van der Waals surface area contributed by atoms with Crippen molar-refractivity contribution in [2.24, 2.45) is 0 Å². The third-order valence-electron chi connectivity index (χ3n) is 4.13. The Hall–Kier alpha value is -0.900. The van der Waals surface area contributed by atoms with Crippen LogP contribution in [0.2, 0.25) is 0 Å². The van der Waals surface area contributed by atoms with E-state index in [4.69, 9.17) is 4.74 Å². The van der Waals surface area contributed by atoms with Crippen molar-refractivity contribution >= 4 is 0 Å². The van der Waals surface area contributed by atoms with E-state index in [-0.39, 0.29) is 0 Å². The van der Waals surface area contributed by atoms with Gasteiger partial charge < -0.3 is 15.0 Å². The molecule has 2 heterocycles. The first-order valence-electron chi connectivity index (χ1n) is 6.93. The van der Waals surface area contributed by atoms with Crippen molar-refractivity contribution in [3.05, 3.63) is 35.4 Å². The Kier molecular flexibility index (Phi) is 3.64. The fourth-order valence-corrected chi connectivity index (χ4v) is 2.98. The largest absolute Gasteiger partial charge is 0.375 e. The summed E-state index contributed by atoms with van der Waals surface area (Å²) in [4.78, 5) is 2.41. The second kappa shape index (κ2) is 5.39. The van der Waals surface area contributed by atoms with Crippen molar-refractivity contribution < 1.29 is 4.74 Å². The minimum Gasteiger partial charge on any atom is -0.375 e. The zero-order chi connectivity index (χ0) is 12.4. The fourth-order valence-electron chi connectivity index (χ4n) is 2.98. The standard InChI is InChI=1S/C15H22N2O/c1-17-8-6-13(7-9-17)16-15-11-18-10-12-4-2-3-5-14(12)15/h2-5,13,15-16H,6-11H2,1H3. The predicted molar refractivity (Wildman–Crippen MR) is 72.5 cm³/mol. The first-order valence-corrected chi connectivity index (χ1v) is 6.93. The van der Waals surface area contributed by atoms with E-state index in [1.807, 2.05) is 0 Å². The summed E-state index contributed by atoms with van der Waals surface area (Å²) in [6.45, 7) is 3.98. The number of hydrogen-bond acceptors (Lipinski definition) is 3. The lowest BCUT2D eigenvalue weighted by atomic mass is 9.96. The van der Waals surface area contributed by atoms with Crippen LogP contribution in [0.5, 0.6) is 0 Å². The zero-order valence-corrected chi connectivity index (χ0v) is 11.1. The van der Waals surface area contributed by atoms with E-state index in [0.29, 0.717) is 12.1 Å². The van der Waals surface area contributed by atoms with Crippen LogP contribution in [0.15, 0.2) is 24.3 Å². The van der Waals surface area contributed by atoms with Crippen LogP contribution in [0.4, 0.5) is 0 Å². The predicted octanol–water partition coefficient (Wildman–Crippen LogP) is 1.94. The van der Waals surface area contributed by atoms with Gasteiger partial charge in [0, 0.05) is 6.04 Å². The fraction of sp³-hybridized carbons (Fsp3) is 0.600. The quantitative estimate of drug-likeness (QED) is 0.863. The number of benzene rings is 1. The van der Waals surface area contributed by atoms with Crippen LogP contribution in [0, 0.1) is 0 Å². The Labute approximate surface area is 109 Å². The third-order valence-corrected chi connectivity index (χ3v) is 4.13. The molecule has 1 N–H and O–H groups in total. The van der Waals surface area contributed by atoms with Gasteiger partial charge in [0.2, 0.25) is 0 Å². The van der Waals surface area contributed by atoms with Gasteiger partial charge in [-0.25, -0.2) is 0 Å². The van der Waals surface area contributed by atoms with Gasteiger partial charge in [0.15, 0.2) is 0 Å². The molecule has 3 heteroatoms. The molecule has 98 valence electrons. The van der Waals surface area contributed by atoms with Crippen LogP contribution in [0.3, 0.4) is 0 Å². The van der Waals surface area contributed by atoms with E-state index in [1.165, 1.54) is 37.1 Å². The molecule has 1 fully saturated rings. The van der Waals surface area contributed by atoms with Crippen LogP contribution in [-0.2, 0) is 11.3 Å². The van der Waals surface area contributed by atoms with Crippen molar-refractivity contribution in [3.63, 3.8) is 0 Å². The molecular formula is C15H22N2O. The average molecular weight is 246 g/mol. The van der Waals surface area contributed by atoms with Crippen LogP contribution in [0.1, 0.15) is 30.0 Å². The van der Waals surface area contributed by atoms with Crippen molar-refractivity contribution in [1.82, 2.24) is 10.2 Å². The lowest BCUT2D eigenvalue weighted by Crippen LogP contribution is -2.44. The normalized spacial score (nSPS) is 25.9. The highest BCUT2D eigenvalue weighted by atomic mass is 16.5. The Morgan fingerprint density at radius 2 is 2.00 bits per heavy atom. The van der Waals surface area contributed by atoms with Crippen LogP contribution in [0.25, 0.3) is 0 Å². The molecule has 3 nitrogen and oxygen atoms in total. The number of piperidine rings is 1. The first kappa shape index (κ1) is 12.2. The highest BCUT2D eigenvalue weighted by molar-refractivity contribution is 5.31. The van der Waals surface area contributed by atoms with E-state index in [9.17, 15) is 0 Å². The molecule has 1 aromatic rings. The Morgan fingerprint density at radius 1 is 1.22 bits per heavy atom. The number of nitrogens with one attached hydrogen (secondary N) is 1. The van der Waals surface area contributed by atoms with E-state index < -0.39 is 0 Å². The number of rotatable bonds is 2. The molecule has 0 bridgehead atoms. The second-order valence-corrected chi connectivity index (χ2v) is 5.51. The molecule has 0 radical (unpaired) electrons. The Balaban J connectivity index is 1.67. The maximum absolute atomic E-state index is 5.70. The molecule has 0 amide bonds. The molecule has 2 aliphatic rings. The average Bonchev–Trinajstić information content (AvgIpc) is 2.42. The minimum absolute atomic E-state index is 0.378. The molecule has 1 atom stereocenters. The van der Waals surface area contributed by atoms with Crippen molar-refractivity contribution in [2.75, 3.05) is 26.7 Å².